The van der Waals surface area contributed by atoms with Gasteiger partial charge in [0.05, 0.1) is 13.2 Å². The van der Waals surface area contributed by atoms with Crippen molar-refractivity contribution in [3.05, 3.63) is 0 Å². The van der Waals surface area contributed by atoms with Crippen LogP contribution in [0.15, 0.2) is 0 Å². The summed E-state index contributed by atoms with van der Waals surface area (Å²) in [5, 5.41) is 8.11. The number of hydrogen-bond acceptors (Lipinski definition) is 5. The van der Waals surface area contributed by atoms with Gasteiger partial charge in [0, 0.05) is 13.0 Å². The summed E-state index contributed by atoms with van der Waals surface area (Å²) in [6, 6.07) is 1.76. The molecule has 0 amide bonds. The number of nitrogens with zero attached hydrogens (tertiary/aromatic N) is 1. The number of nitriles is 1. The van der Waals surface area contributed by atoms with Gasteiger partial charge in [-0.05, 0) is 0 Å². The smallest absolute Gasteiger partial charge is 0.322 e. The van der Waals surface area contributed by atoms with Crippen molar-refractivity contribution in [2.45, 2.75) is 6.42 Å². The van der Waals surface area contributed by atoms with Crippen LogP contribution in [0.25, 0.3) is 0 Å². The highest BCUT2D eigenvalue weighted by Crippen LogP contribution is 1.86. The maximum atomic E-state index is 11.0. The summed E-state index contributed by atoms with van der Waals surface area (Å²) in [6.07, 6.45) is 0.0698. The van der Waals surface area contributed by atoms with E-state index in [0.29, 0.717) is 0 Å². The lowest BCUT2D eigenvalue weighted by atomic mass is 10.5. The summed E-state index contributed by atoms with van der Waals surface area (Å²) in [5.41, 5.74) is 0. The maximum Gasteiger partial charge on any atom is 0.322 e. The average molecular weight is 206 g/mol. The molecule has 0 unspecified atom stereocenters. The Kier molecular flexibility index (Phi) is 5.03. The fourth-order valence-electron chi connectivity index (χ4n) is 0.528. The van der Waals surface area contributed by atoms with E-state index in [0.717, 1.165) is 7.11 Å². The van der Waals surface area contributed by atoms with Gasteiger partial charge >= 0.3 is 5.97 Å². The lowest BCUT2D eigenvalue weighted by molar-refractivity contribution is -0.137. The normalized spacial score (nSPS) is 10.5. The van der Waals surface area contributed by atoms with Gasteiger partial charge in [-0.3, -0.25) is 4.79 Å². The predicted molar refractivity (Wildman–Crippen MR) is 44.0 cm³/mol. The Balaban J connectivity index is 3.96. The van der Waals surface area contributed by atoms with Crippen LogP contribution in [0.4, 0.5) is 0 Å². The Hall–Kier alpha value is -1.13. The molecule has 0 aliphatic carbocycles. The van der Waals surface area contributed by atoms with E-state index in [4.69, 9.17) is 5.26 Å². The first-order valence-corrected chi connectivity index (χ1v) is 5.08. The first-order chi connectivity index (χ1) is 6.02. The molecule has 0 aromatic heterocycles. The Labute approximate surface area is 76.5 Å². The van der Waals surface area contributed by atoms with Crippen molar-refractivity contribution in [2.75, 3.05) is 19.4 Å². The van der Waals surface area contributed by atoms with Crippen molar-refractivity contribution in [2.24, 2.45) is 0 Å². The molecule has 74 valence electrons. The fourth-order valence-corrected chi connectivity index (χ4v) is 1.47. The molecule has 0 heterocycles. The van der Waals surface area contributed by atoms with Crippen molar-refractivity contribution in [1.82, 2.24) is 4.72 Å². The second-order valence-corrected chi connectivity index (χ2v) is 3.94. The van der Waals surface area contributed by atoms with E-state index < -0.39 is 21.7 Å². The molecule has 0 aliphatic heterocycles. The second kappa shape index (κ2) is 5.50. The number of carbonyl (C=O) groups excluding carboxylic acids is 1. The van der Waals surface area contributed by atoms with Crippen molar-refractivity contribution >= 4 is 16.0 Å². The van der Waals surface area contributed by atoms with Crippen molar-refractivity contribution < 1.29 is 17.9 Å². The number of esters is 1. The number of hydrogen-bond donors (Lipinski definition) is 1. The molecule has 0 aromatic rings. The van der Waals surface area contributed by atoms with Gasteiger partial charge in [0.1, 0.15) is 0 Å². The highest BCUT2D eigenvalue weighted by atomic mass is 32.2. The minimum atomic E-state index is -3.64. The molecule has 0 saturated heterocycles. The molecule has 0 aliphatic rings. The number of rotatable bonds is 5. The summed E-state index contributed by atoms with van der Waals surface area (Å²) in [5.74, 6) is -1.54. The molecular formula is C6H10N2O4S. The SMILES string of the molecule is COC(=O)CS(=O)(=O)NCCC#N. The van der Waals surface area contributed by atoms with Gasteiger partial charge in [0.2, 0.25) is 10.0 Å². The van der Waals surface area contributed by atoms with Gasteiger partial charge in [-0.1, -0.05) is 0 Å². The van der Waals surface area contributed by atoms with E-state index >= 15 is 0 Å². The predicted octanol–water partition coefficient (Wildman–Crippen LogP) is -1.01. The third-order valence-corrected chi connectivity index (χ3v) is 2.35. The van der Waals surface area contributed by atoms with Gasteiger partial charge in [-0.25, -0.2) is 13.1 Å². The second-order valence-electron chi connectivity index (χ2n) is 2.14. The largest absolute Gasteiger partial charge is 0.468 e. The molecule has 0 atom stereocenters. The zero-order chi connectivity index (χ0) is 10.3. The van der Waals surface area contributed by atoms with Crippen LogP contribution < -0.4 is 4.72 Å². The Morgan fingerprint density at radius 2 is 2.23 bits per heavy atom. The molecule has 1 N–H and O–H groups in total. The van der Waals surface area contributed by atoms with E-state index in [2.05, 4.69) is 9.46 Å². The van der Waals surface area contributed by atoms with Crippen molar-refractivity contribution in [3.8, 4) is 6.07 Å². The van der Waals surface area contributed by atoms with E-state index in [1.54, 1.807) is 6.07 Å². The summed E-state index contributed by atoms with van der Waals surface area (Å²) in [7, 11) is -2.54. The number of ether oxygens (including phenoxy) is 1. The first-order valence-electron chi connectivity index (χ1n) is 3.43. The maximum absolute atomic E-state index is 11.0. The first kappa shape index (κ1) is 11.9. The fraction of sp³-hybridized carbons (Fsp3) is 0.667. The standard InChI is InChI=1S/C6H10N2O4S/c1-12-6(9)5-13(10,11)8-4-2-3-7/h8H,2,4-5H2,1H3. The van der Waals surface area contributed by atoms with Crippen LogP contribution in [0.1, 0.15) is 6.42 Å². The molecule has 13 heavy (non-hydrogen) atoms. The molecule has 0 bridgehead atoms. The van der Waals surface area contributed by atoms with E-state index in [9.17, 15) is 13.2 Å². The van der Waals surface area contributed by atoms with E-state index in [1.165, 1.54) is 0 Å². The molecular weight excluding hydrogens is 196 g/mol. The van der Waals surface area contributed by atoms with Crippen molar-refractivity contribution in [1.29, 1.82) is 5.26 Å². The topological polar surface area (TPSA) is 96.3 Å². The van der Waals surface area contributed by atoms with Crippen LogP contribution in [-0.4, -0.2) is 33.8 Å². The molecule has 0 radical (unpaired) electrons. The highest BCUT2D eigenvalue weighted by molar-refractivity contribution is 7.90. The highest BCUT2D eigenvalue weighted by Gasteiger charge is 2.15. The summed E-state index contributed by atoms with van der Waals surface area (Å²) >= 11 is 0. The summed E-state index contributed by atoms with van der Waals surface area (Å²) in [4.78, 5) is 10.6. The average Bonchev–Trinajstić information content (AvgIpc) is 2.03. The van der Waals surface area contributed by atoms with Crippen LogP contribution >= 0.6 is 0 Å². The van der Waals surface area contributed by atoms with E-state index in [-0.39, 0.29) is 13.0 Å². The minimum absolute atomic E-state index is 0.00975. The Bertz CT molecular complexity index is 303. The molecule has 0 saturated carbocycles. The number of nitrogens with one attached hydrogen (secondary N) is 1. The van der Waals surface area contributed by atoms with Gasteiger partial charge in [0.15, 0.2) is 5.75 Å². The third kappa shape index (κ3) is 6.07. The van der Waals surface area contributed by atoms with Crippen LogP contribution in [0.2, 0.25) is 0 Å². The molecule has 0 rings (SSSR count). The minimum Gasteiger partial charge on any atom is -0.468 e. The van der Waals surface area contributed by atoms with E-state index in [1.807, 2.05) is 0 Å². The van der Waals surface area contributed by atoms with Crippen LogP contribution in [-0.2, 0) is 19.6 Å². The van der Waals surface area contributed by atoms with Gasteiger partial charge in [-0.15, -0.1) is 0 Å². The Morgan fingerprint density at radius 1 is 1.62 bits per heavy atom. The van der Waals surface area contributed by atoms with Crippen LogP contribution in [0, 0.1) is 11.3 Å². The van der Waals surface area contributed by atoms with Crippen LogP contribution in [0.3, 0.4) is 0 Å². The molecule has 0 spiro atoms. The zero-order valence-corrected chi connectivity index (χ0v) is 7.93. The third-order valence-electron chi connectivity index (χ3n) is 1.09. The quantitative estimate of drug-likeness (QED) is 0.459. The Morgan fingerprint density at radius 3 is 2.69 bits per heavy atom. The number of sulfonamides is 1. The lowest BCUT2D eigenvalue weighted by Crippen LogP contribution is -2.31. The monoisotopic (exact) mass is 206 g/mol. The zero-order valence-electron chi connectivity index (χ0n) is 7.11. The van der Waals surface area contributed by atoms with Crippen LogP contribution in [0.5, 0.6) is 0 Å². The molecule has 0 aromatic carbocycles. The van der Waals surface area contributed by atoms with Gasteiger partial charge in [-0.2, -0.15) is 5.26 Å². The van der Waals surface area contributed by atoms with Gasteiger partial charge in [0.25, 0.3) is 0 Å². The number of methoxy groups -OCH3 is 1. The molecule has 0 fully saturated rings. The summed E-state index contributed by atoms with van der Waals surface area (Å²) < 4.78 is 28.1. The van der Waals surface area contributed by atoms with Crippen molar-refractivity contribution in [3.63, 3.8) is 0 Å². The molecule has 6 nitrogen and oxygen atoms in total. The van der Waals surface area contributed by atoms with Gasteiger partial charge < -0.3 is 4.74 Å². The number of carbonyl (C=O) groups is 1. The lowest BCUT2D eigenvalue weighted by Gasteiger charge is -2.02. The summed E-state index contributed by atoms with van der Waals surface area (Å²) in [6.45, 7) is 0.00975. The molecule has 7 heteroatoms.